The minimum Gasteiger partial charge on any atom is -0.494 e. The van der Waals surface area contributed by atoms with Crippen LogP contribution in [0.1, 0.15) is 54.8 Å². The molecule has 0 aliphatic carbocycles. The molecule has 3 rings (SSSR count). The molecule has 1 aromatic heterocycles. The van der Waals surface area contributed by atoms with E-state index in [2.05, 4.69) is 25.2 Å². The number of amides is 1. The van der Waals surface area contributed by atoms with Crippen molar-refractivity contribution in [1.29, 1.82) is 0 Å². The molecule has 142 valence electrons. The highest BCUT2D eigenvalue weighted by molar-refractivity contribution is 6.06. The first-order valence-electron chi connectivity index (χ1n) is 9.68. The lowest BCUT2D eigenvalue weighted by Gasteiger charge is -2.08. The molecule has 27 heavy (non-hydrogen) atoms. The van der Waals surface area contributed by atoms with Crippen molar-refractivity contribution in [3.63, 3.8) is 0 Å². The quantitative estimate of drug-likeness (QED) is 0.489. The second-order valence-corrected chi connectivity index (χ2v) is 6.77. The molecule has 3 aromatic rings. The van der Waals surface area contributed by atoms with Crippen LogP contribution in [0.4, 0.5) is 5.69 Å². The number of anilines is 1. The number of ether oxygens (including phenoxy) is 1. The zero-order valence-corrected chi connectivity index (χ0v) is 16.3. The molecule has 0 saturated heterocycles. The van der Waals surface area contributed by atoms with Crippen molar-refractivity contribution in [2.75, 3.05) is 11.9 Å². The van der Waals surface area contributed by atoms with Gasteiger partial charge in [0.05, 0.1) is 6.61 Å². The Labute approximate surface area is 160 Å². The SMILES string of the molecule is CCCCCOc1ccc(NC(=O)c2oc3ccc(CC)cc3c2C)cc1. The Morgan fingerprint density at radius 2 is 1.85 bits per heavy atom. The van der Waals surface area contributed by atoms with Crippen molar-refractivity contribution in [3.8, 4) is 5.75 Å². The van der Waals surface area contributed by atoms with Gasteiger partial charge in [0, 0.05) is 16.6 Å². The second kappa shape index (κ2) is 8.76. The van der Waals surface area contributed by atoms with Crippen molar-refractivity contribution in [1.82, 2.24) is 0 Å². The van der Waals surface area contributed by atoms with Gasteiger partial charge in [-0.15, -0.1) is 0 Å². The number of benzene rings is 2. The number of carbonyl (C=O) groups excluding carboxylic acids is 1. The molecule has 1 N–H and O–H groups in total. The lowest BCUT2D eigenvalue weighted by Crippen LogP contribution is -2.12. The van der Waals surface area contributed by atoms with Crippen LogP contribution in [0.3, 0.4) is 0 Å². The Hall–Kier alpha value is -2.75. The van der Waals surface area contributed by atoms with Gasteiger partial charge >= 0.3 is 0 Å². The summed E-state index contributed by atoms with van der Waals surface area (Å²) in [5.74, 6) is 0.938. The molecule has 1 amide bonds. The molecule has 0 radical (unpaired) electrons. The van der Waals surface area contributed by atoms with Crippen LogP contribution in [0.25, 0.3) is 11.0 Å². The molecule has 0 aliphatic heterocycles. The number of unbranched alkanes of at least 4 members (excludes halogenated alkanes) is 2. The minimum atomic E-state index is -0.238. The molecule has 0 saturated carbocycles. The van der Waals surface area contributed by atoms with Crippen molar-refractivity contribution < 1.29 is 13.9 Å². The Morgan fingerprint density at radius 1 is 1.07 bits per heavy atom. The summed E-state index contributed by atoms with van der Waals surface area (Å²) in [5, 5.41) is 3.90. The zero-order chi connectivity index (χ0) is 19.2. The van der Waals surface area contributed by atoms with Gasteiger partial charge in [0.2, 0.25) is 0 Å². The summed E-state index contributed by atoms with van der Waals surface area (Å²) in [6, 6.07) is 13.5. The molecule has 0 bridgehead atoms. The summed E-state index contributed by atoms with van der Waals surface area (Å²) in [4.78, 5) is 12.7. The number of nitrogens with one attached hydrogen (secondary N) is 1. The van der Waals surface area contributed by atoms with E-state index in [9.17, 15) is 4.79 Å². The summed E-state index contributed by atoms with van der Waals surface area (Å²) >= 11 is 0. The highest BCUT2D eigenvalue weighted by atomic mass is 16.5. The average molecular weight is 365 g/mol. The topological polar surface area (TPSA) is 51.5 Å². The first-order valence-corrected chi connectivity index (χ1v) is 9.68. The Morgan fingerprint density at radius 3 is 2.56 bits per heavy atom. The predicted octanol–water partition coefficient (Wildman–Crippen LogP) is 6.12. The third-order valence-electron chi connectivity index (χ3n) is 4.74. The number of carbonyl (C=O) groups is 1. The smallest absolute Gasteiger partial charge is 0.291 e. The Balaban J connectivity index is 1.68. The maximum absolute atomic E-state index is 12.7. The lowest BCUT2D eigenvalue weighted by atomic mass is 10.1. The minimum absolute atomic E-state index is 0.238. The molecule has 0 aliphatic rings. The van der Waals surface area contributed by atoms with Crippen LogP contribution in [0.15, 0.2) is 46.9 Å². The molecule has 4 heteroatoms. The molecule has 0 unspecified atom stereocenters. The van der Waals surface area contributed by atoms with Crippen molar-refractivity contribution in [3.05, 3.63) is 59.4 Å². The maximum Gasteiger partial charge on any atom is 0.291 e. The summed E-state index contributed by atoms with van der Waals surface area (Å²) in [6.07, 6.45) is 4.36. The zero-order valence-electron chi connectivity index (χ0n) is 16.3. The summed E-state index contributed by atoms with van der Waals surface area (Å²) in [7, 11) is 0. The van der Waals surface area contributed by atoms with E-state index in [0.717, 1.165) is 47.4 Å². The van der Waals surface area contributed by atoms with Crippen LogP contribution in [0.2, 0.25) is 0 Å². The molecule has 2 aromatic carbocycles. The van der Waals surface area contributed by atoms with Gasteiger partial charge in [-0.05, 0) is 61.7 Å². The molecule has 1 heterocycles. The fourth-order valence-corrected chi connectivity index (χ4v) is 3.07. The number of aryl methyl sites for hydroxylation is 2. The molecule has 0 spiro atoms. The van der Waals surface area contributed by atoms with E-state index in [1.165, 1.54) is 18.4 Å². The standard InChI is InChI=1S/C23H27NO3/c1-4-6-7-14-26-19-11-9-18(10-12-19)24-23(25)22-16(3)20-15-17(5-2)8-13-21(20)27-22/h8-13,15H,4-7,14H2,1-3H3,(H,24,25). The Kier molecular flexibility index (Phi) is 6.17. The monoisotopic (exact) mass is 365 g/mol. The van der Waals surface area contributed by atoms with Gasteiger partial charge in [-0.25, -0.2) is 0 Å². The van der Waals surface area contributed by atoms with Crippen LogP contribution < -0.4 is 10.1 Å². The third kappa shape index (κ3) is 4.51. The van der Waals surface area contributed by atoms with Crippen LogP contribution in [-0.4, -0.2) is 12.5 Å². The number of rotatable bonds is 8. The Bertz CT molecular complexity index is 909. The van der Waals surface area contributed by atoms with Crippen LogP contribution in [-0.2, 0) is 6.42 Å². The molecule has 4 nitrogen and oxygen atoms in total. The van der Waals surface area contributed by atoms with E-state index in [1.807, 2.05) is 43.3 Å². The fraction of sp³-hybridized carbons (Fsp3) is 0.348. The van der Waals surface area contributed by atoms with Crippen LogP contribution in [0.5, 0.6) is 5.75 Å². The van der Waals surface area contributed by atoms with Gasteiger partial charge in [-0.1, -0.05) is 32.8 Å². The molecular weight excluding hydrogens is 338 g/mol. The summed E-state index contributed by atoms with van der Waals surface area (Å²) in [6.45, 7) is 6.93. The van der Waals surface area contributed by atoms with E-state index in [0.29, 0.717) is 5.76 Å². The first kappa shape index (κ1) is 19.0. The van der Waals surface area contributed by atoms with Gasteiger partial charge in [0.1, 0.15) is 11.3 Å². The van der Waals surface area contributed by atoms with E-state index < -0.39 is 0 Å². The second-order valence-electron chi connectivity index (χ2n) is 6.77. The van der Waals surface area contributed by atoms with Crippen LogP contribution in [0, 0.1) is 6.92 Å². The van der Waals surface area contributed by atoms with E-state index >= 15 is 0 Å². The highest BCUT2D eigenvalue weighted by Crippen LogP contribution is 2.27. The van der Waals surface area contributed by atoms with Crippen molar-refractivity contribution in [2.45, 2.75) is 46.5 Å². The number of fused-ring (bicyclic) bond motifs is 1. The highest BCUT2D eigenvalue weighted by Gasteiger charge is 2.18. The summed E-state index contributed by atoms with van der Waals surface area (Å²) < 4.78 is 11.5. The van der Waals surface area contributed by atoms with Gasteiger partial charge in [-0.2, -0.15) is 0 Å². The van der Waals surface area contributed by atoms with Crippen molar-refractivity contribution >= 4 is 22.6 Å². The van der Waals surface area contributed by atoms with E-state index in [4.69, 9.17) is 9.15 Å². The van der Waals surface area contributed by atoms with Crippen LogP contribution >= 0.6 is 0 Å². The van der Waals surface area contributed by atoms with Gasteiger partial charge < -0.3 is 14.5 Å². The lowest BCUT2D eigenvalue weighted by molar-refractivity contribution is 0.0998. The summed E-state index contributed by atoms with van der Waals surface area (Å²) in [5.41, 5.74) is 3.56. The van der Waals surface area contributed by atoms with E-state index in [-0.39, 0.29) is 5.91 Å². The largest absolute Gasteiger partial charge is 0.494 e. The van der Waals surface area contributed by atoms with E-state index in [1.54, 1.807) is 0 Å². The van der Waals surface area contributed by atoms with Crippen molar-refractivity contribution in [2.24, 2.45) is 0 Å². The molecular formula is C23H27NO3. The predicted molar refractivity (Wildman–Crippen MR) is 110 cm³/mol. The molecule has 0 fully saturated rings. The molecule has 0 atom stereocenters. The number of hydrogen-bond donors (Lipinski definition) is 1. The maximum atomic E-state index is 12.7. The third-order valence-corrected chi connectivity index (χ3v) is 4.74. The van der Waals surface area contributed by atoms with Gasteiger partial charge in [-0.3, -0.25) is 4.79 Å². The fourth-order valence-electron chi connectivity index (χ4n) is 3.07. The first-order chi connectivity index (χ1) is 13.1. The number of furan rings is 1. The van der Waals surface area contributed by atoms with Gasteiger partial charge in [0.25, 0.3) is 5.91 Å². The normalized spacial score (nSPS) is 10.9. The average Bonchev–Trinajstić information content (AvgIpc) is 3.02. The number of hydrogen-bond acceptors (Lipinski definition) is 3. The van der Waals surface area contributed by atoms with Gasteiger partial charge in [0.15, 0.2) is 5.76 Å².